The number of carbonyl (C=O) groups excluding carboxylic acids is 1. The summed E-state index contributed by atoms with van der Waals surface area (Å²) in [6.45, 7) is 2.49. The number of alkyl halides is 3. The molecule has 216 valence electrons. The lowest BCUT2D eigenvalue weighted by molar-refractivity contribution is -0.145. The van der Waals surface area contributed by atoms with Crippen LogP contribution in [0.3, 0.4) is 0 Å². The summed E-state index contributed by atoms with van der Waals surface area (Å²) in [5.41, 5.74) is 3.12. The number of halogens is 6. The van der Waals surface area contributed by atoms with E-state index in [-0.39, 0.29) is 16.6 Å². The lowest BCUT2D eigenvalue weighted by Gasteiger charge is -2.33. The number of methoxy groups -OCH3 is 1. The van der Waals surface area contributed by atoms with Crippen molar-refractivity contribution in [1.82, 2.24) is 19.7 Å². The largest absolute Gasteiger partial charge is 0.449 e. The molecule has 9 nitrogen and oxygen atoms in total. The fourth-order valence-corrected chi connectivity index (χ4v) is 4.62. The molecule has 0 bridgehead atoms. The van der Waals surface area contributed by atoms with Crippen molar-refractivity contribution < 1.29 is 36.2 Å². The third-order valence-electron chi connectivity index (χ3n) is 6.38. The normalized spacial score (nSPS) is 14.9. The van der Waals surface area contributed by atoms with Crippen molar-refractivity contribution in [1.29, 1.82) is 0 Å². The van der Waals surface area contributed by atoms with Gasteiger partial charge in [0.05, 0.1) is 17.8 Å². The summed E-state index contributed by atoms with van der Waals surface area (Å²) in [5.74, 6) is -4.88. The van der Waals surface area contributed by atoms with E-state index < -0.39 is 52.5 Å². The summed E-state index contributed by atoms with van der Waals surface area (Å²) >= 11 is 5.94. The molecule has 1 aromatic carbocycles. The Morgan fingerprint density at radius 3 is 2.52 bits per heavy atom. The van der Waals surface area contributed by atoms with Crippen molar-refractivity contribution in [2.45, 2.75) is 31.5 Å². The van der Waals surface area contributed by atoms with E-state index in [1.54, 1.807) is 7.11 Å². The van der Waals surface area contributed by atoms with Crippen LogP contribution in [0.4, 0.5) is 33.5 Å². The third kappa shape index (κ3) is 6.62. The number of ether oxygens (including phenoxy) is 2. The monoisotopic (exact) mass is 588 g/mol. The molecule has 3 aromatic rings. The maximum absolute atomic E-state index is 14.7. The van der Waals surface area contributed by atoms with Crippen LogP contribution in [0, 0.1) is 11.6 Å². The zero-order valence-corrected chi connectivity index (χ0v) is 22.0. The second kappa shape index (κ2) is 12.4. The minimum absolute atomic E-state index is 0.127. The number of hydrogen-bond donors (Lipinski definition) is 2. The second-order valence-electron chi connectivity index (χ2n) is 9.10. The minimum Gasteiger partial charge on any atom is -0.449 e. The highest BCUT2D eigenvalue weighted by Gasteiger charge is 2.42. The summed E-state index contributed by atoms with van der Waals surface area (Å²) < 4.78 is 82.8. The number of aromatic nitrogens is 3. The van der Waals surface area contributed by atoms with E-state index in [9.17, 15) is 26.7 Å². The predicted octanol–water partition coefficient (Wildman–Crippen LogP) is 5.53. The first kappa shape index (κ1) is 29.5. The van der Waals surface area contributed by atoms with Crippen LogP contribution in [0.15, 0.2) is 30.6 Å². The number of piperidine rings is 1. The smallest absolute Gasteiger partial charge is 0.433 e. The van der Waals surface area contributed by atoms with E-state index in [0.29, 0.717) is 44.7 Å². The van der Waals surface area contributed by atoms with Gasteiger partial charge in [-0.2, -0.15) is 18.3 Å². The van der Waals surface area contributed by atoms with E-state index in [4.69, 9.17) is 26.8 Å². The molecule has 1 fully saturated rings. The zero-order valence-electron chi connectivity index (χ0n) is 21.3. The lowest BCUT2D eigenvalue weighted by atomic mass is 10.0. The number of anilines is 2. The molecule has 1 aliphatic heterocycles. The van der Waals surface area contributed by atoms with Gasteiger partial charge in [0.1, 0.15) is 10.8 Å². The Morgan fingerprint density at radius 2 is 1.90 bits per heavy atom. The maximum atomic E-state index is 14.7. The van der Waals surface area contributed by atoms with Crippen molar-refractivity contribution >= 4 is 29.0 Å². The van der Waals surface area contributed by atoms with Crippen molar-refractivity contribution in [3.8, 4) is 11.5 Å². The van der Waals surface area contributed by atoms with Gasteiger partial charge in [-0.15, -0.1) is 0 Å². The average Bonchev–Trinajstić information content (AvgIpc) is 3.36. The number of nitrogens with zero attached hydrogens (tertiary/aromatic N) is 4. The molecule has 0 unspecified atom stereocenters. The Morgan fingerprint density at radius 1 is 1.23 bits per heavy atom. The fourth-order valence-electron chi connectivity index (χ4n) is 4.47. The summed E-state index contributed by atoms with van der Waals surface area (Å²) in [5, 5.41) is 5.82. The molecule has 0 atom stereocenters. The quantitative estimate of drug-likeness (QED) is 0.250. The maximum Gasteiger partial charge on any atom is 0.433 e. The molecule has 1 saturated heterocycles. The second-order valence-corrected chi connectivity index (χ2v) is 9.48. The Bertz CT molecular complexity index is 1340. The number of carbonyl (C=O) groups is 1. The molecule has 15 heteroatoms. The Balaban J connectivity index is 1.51. The topological polar surface area (TPSA) is 108 Å². The van der Waals surface area contributed by atoms with Gasteiger partial charge >= 0.3 is 6.18 Å². The van der Waals surface area contributed by atoms with Crippen molar-refractivity contribution in [3.05, 3.63) is 58.5 Å². The van der Waals surface area contributed by atoms with Gasteiger partial charge in [0, 0.05) is 63.4 Å². The summed E-state index contributed by atoms with van der Waals surface area (Å²) in [4.78, 5) is 18.7. The Hall–Kier alpha value is -3.49. The minimum atomic E-state index is -4.90. The van der Waals surface area contributed by atoms with Gasteiger partial charge in [0.25, 0.3) is 5.91 Å². The first-order chi connectivity index (χ1) is 19.0. The molecule has 0 radical (unpaired) electrons. The van der Waals surface area contributed by atoms with Crippen LogP contribution < -0.4 is 15.8 Å². The first-order valence-electron chi connectivity index (χ1n) is 12.2. The van der Waals surface area contributed by atoms with Crippen molar-refractivity contribution in [2.24, 2.45) is 0 Å². The first-order valence-corrected chi connectivity index (χ1v) is 12.6. The van der Waals surface area contributed by atoms with Crippen LogP contribution in [0.1, 0.15) is 41.4 Å². The van der Waals surface area contributed by atoms with Gasteiger partial charge in [0.2, 0.25) is 0 Å². The number of pyridine rings is 1. The van der Waals surface area contributed by atoms with Crippen LogP contribution >= 0.6 is 11.6 Å². The number of nitrogen functional groups attached to an aromatic ring is 1. The molecular formula is C25H26ClF5N6O3. The molecule has 1 aliphatic rings. The van der Waals surface area contributed by atoms with E-state index >= 15 is 0 Å². The zero-order chi connectivity index (χ0) is 29.0. The number of nitrogens with one attached hydrogen (secondary N) is 1. The summed E-state index contributed by atoms with van der Waals surface area (Å²) in [7, 11) is 1.60. The van der Waals surface area contributed by atoms with Crippen LogP contribution in [-0.2, 0) is 10.9 Å². The van der Waals surface area contributed by atoms with Crippen LogP contribution in [0.5, 0.6) is 11.5 Å². The number of nitrogens with two attached hydrogens (primary N) is 1. The molecule has 0 spiro atoms. The van der Waals surface area contributed by atoms with Gasteiger partial charge in [-0.05, 0) is 19.3 Å². The predicted molar refractivity (Wildman–Crippen MR) is 136 cm³/mol. The lowest BCUT2D eigenvalue weighted by Crippen LogP contribution is -2.37. The van der Waals surface area contributed by atoms with Crippen molar-refractivity contribution in [3.63, 3.8) is 0 Å². The van der Waals surface area contributed by atoms with Crippen molar-refractivity contribution in [2.75, 3.05) is 44.4 Å². The van der Waals surface area contributed by atoms with Gasteiger partial charge in [-0.3, -0.25) is 9.48 Å². The number of likely N-dealkylation sites (tertiary alicyclic amines) is 1. The molecule has 3 N–H and O–H groups in total. The van der Waals surface area contributed by atoms with Crippen LogP contribution in [0.25, 0.3) is 0 Å². The van der Waals surface area contributed by atoms with E-state index in [1.165, 1.54) is 12.3 Å². The van der Waals surface area contributed by atoms with Gasteiger partial charge < -0.3 is 25.4 Å². The van der Waals surface area contributed by atoms with Crippen LogP contribution in [-0.4, -0.2) is 58.9 Å². The molecule has 4 rings (SSSR count). The SMILES string of the molecule is COCCCN1CCC(n2ncc(C(=O)Nc3cc(F)c(Oc4ccnc(N)c4Cl)c(F)c3)c2C(F)(F)F)CC1. The number of amides is 1. The van der Waals surface area contributed by atoms with E-state index in [2.05, 4.69) is 20.3 Å². The Kier molecular flexibility index (Phi) is 9.11. The van der Waals surface area contributed by atoms with E-state index in [1.807, 2.05) is 0 Å². The average molecular weight is 589 g/mol. The molecule has 2 aromatic heterocycles. The van der Waals surface area contributed by atoms with E-state index in [0.717, 1.165) is 23.8 Å². The number of hydrogen-bond acceptors (Lipinski definition) is 7. The van der Waals surface area contributed by atoms with Gasteiger partial charge in [-0.1, -0.05) is 11.6 Å². The molecule has 0 saturated carbocycles. The summed E-state index contributed by atoms with van der Waals surface area (Å²) in [6, 6.07) is 2.06. The highest BCUT2D eigenvalue weighted by atomic mass is 35.5. The Labute approximate surface area is 231 Å². The molecule has 0 aliphatic carbocycles. The third-order valence-corrected chi connectivity index (χ3v) is 6.76. The standard InChI is InChI=1S/C25H26ClF5N6O3/c1-39-10-2-7-36-8-4-15(5-9-36)37-22(25(29,30)31)16(13-34-37)24(38)35-14-11-17(27)21(18(28)12-14)40-19-3-6-33-23(32)20(19)26/h3,6,11-13,15H,2,4-5,7-10H2,1H3,(H2,32,33)(H,35,38). The highest BCUT2D eigenvalue weighted by molar-refractivity contribution is 6.34. The van der Waals surface area contributed by atoms with Gasteiger partial charge in [-0.25, -0.2) is 13.8 Å². The van der Waals surface area contributed by atoms with Gasteiger partial charge in [0.15, 0.2) is 28.8 Å². The molecule has 3 heterocycles. The molecule has 40 heavy (non-hydrogen) atoms. The summed E-state index contributed by atoms with van der Waals surface area (Å²) in [6.07, 6.45) is -1.26. The number of rotatable bonds is 9. The highest BCUT2D eigenvalue weighted by Crippen LogP contribution is 2.38. The number of benzene rings is 1. The fraction of sp³-hybridized carbons (Fsp3) is 0.400. The van der Waals surface area contributed by atoms with Crippen LogP contribution in [0.2, 0.25) is 5.02 Å². The molecular weight excluding hydrogens is 563 g/mol. The molecule has 1 amide bonds.